The number of imide groups is 1. The van der Waals surface area contributed by atoms with Crippen LogP contribution in [0.15, 0.2) is 97.2 Å². The van der Waals surface area contributed by atoms with Gasteiger partial charge in [-0.05, 0) is 49.1 Å². The lowest BCUT2D eigenvalue weighted by atomic mass is 9.61. The number of benzene rings is 3. The summed E-state index contributed by atoms with van der Waals surface area (Å²) in [6.07, 6.45) is 5.95. The molecule has 0 unspecified atom stereocenters. The zero-order chi connectivity index (χ0) is 31.2. The van der Waals surface area contributed by atoms with Gasteiger partial charge in [0, 0.05) is 47.5 Å². The molecule has 3 aromatic carbocycles. The molecule has 9 rings (SSSR count). The van der Waals surface area contributed by atoms with Gasteiger partial charge in [-0.1, -0.05) is 73.2 Å². The van der Waals surface area contributed by atoms with E-state index in [9.17, 15) is 14.7 Å². The molecule has 0 radical (unpaired) electrons. The molecular formula is C38H31N5O3. The second-order valence-corrected chi connectivity index (χ2v) is 13.3. The summed E-state index contributed by atoms with van der Waals surface area (Å²) in [5.74, 6) is -0.157. The van der Waals surface area contributed by atoms with Crippen molar-refractivity contribution in [3.05, 3.63) is 120 Å². The van der Waals surface area contributed by atoms with Crippen molar-refractivity contribution in [2.75, 3.05) is 0 Å². The maximum absolute atomic E-state index is 13.6. The first kappa shape index (κ1) is 27.1. The Morgan fingerprint density at radius 3 is 2.11 bits per heavy atom. The van der Waals surface area contributed by atoms with Crippen LogP contribution in [0.25, 0.3) is 39.1 Å². The Bertz CT molecular complexity index is 2170. The maximum Gasteiger partial charge on any atom is 0.262 e. The quantitative estimate of drug-likeness (QED) is 0.214. The average molecular weight is 606 g/mol. The summed E-state index contributed by atoms with van der Waals surface area (Å²) >= 11 is 0. The molecule has 3 aliphatic rings. The Morgan fingerprint density at radius 1 is 0.804 bits per heavy atom. The Kier molecular flexibility index (Phi) is 5.69. The topological polar surface area (TPSA) is 101 Å². The van der Waals surface area contributed by atoms with Gasteiger partial charge in [-0.15, -0.1) is 0 Å². The van der Waals surface area contributed by atoms with Crippen molar-refractivity contribution in [2.45, 2.75) is 56.1 Å². The number of hydrogen-bond acceptors (Lipinski definition) is 6. The van der Waals surface area contributed by atoms with E-state index in [1.807, 2.05) is 53.2 Å². The van der Waals surface area contributed by atoms with Crippen molar-refractivity contribution < 1.29 is 14.7 Å². The van der Waals surface area contributed by atoms with E-state index in [2.05, 4.69) is 24.3 Å². The largest absolute Gasteiger partial charge is 0.390 e. The Hall–Kier alpha value is -5.21. The molecule has 0 saturated heterocycles. The first-order valence-corrected chi connectivity index (χ1v) is 15.9. The molecule has 2 aliphatic carbocycles. The van der Waals surface area contributed by atoms with E-state index in [0.29, 0.717) is 17.0 Å². The monoisotopic (exact) mass is 605 g/mol. The van der Waals surface area contributed by atoms with E-state index in [4.69, 9.17) is 15.1 Å². The summed E-state index contributed by atoms with van der Waals surface area (Å²) in [5, 5.41) is 16.8. The molecule has 6 aromatic rings. The minimum absolute atomic E-state index is 0.266. The molecule has 226 valence electrons. The molecule has 2 fully saturated rings. The molecule has 46 heavy (non-hydrogen) atoms. The average Bonchev–Trinajstić information content (AvgIpc) is 3.57. The van der Waals surface area contributed by atoms with E-state index in [1.54, 1.807) is 31.2 Å². The van der Waals surface area contributed by atoms with Crippen LogP contribution < -0.4 is 0 Å². The highest BCUT2D eigenvalue weighted by molar-refractivity contribution is 6.22. The van der Waals surface area contributed by atoms with Crippen LogP contribution >= 0.6 is 0 Å². The molecule has 4 heterocycles. The van der Waals surface area contributed by atoms with Gasteiger partial charge in [0.2, 0.25) is 0 Å². The van der Waals surface area contributed by atoms with Crippen LogP contribution in [0.2, 0.25) is 0 Å². The van der Waals surface area contributed by atoms with Crippen LogP contribution in [0, 0.1) is 0 Å². The summed E-state index contributed by atoms with van der Waals surface area (Å²) in [6, 6.07) is 29.3. The Labute approximate surface area is 265 Å². The van der Waals surface area contributed by atoms with Gasteiger partial charge < -0.3 is 5.11 Å². The molecule has 1 aliphatic heterocycles. The van der Waals surface area contributed by atoms with Crippen molar-refractivity contribution >= 4 is 28.5 Å². The third-order valence-corrected chi connectivity index (χ3v) is 10.1. The first-order chi connectivity index (χ1) is 22.3. The van der Waals surface area contributed by atoms with Gasteiger partial charge in [-0.25, -0.2) is 9.97 Å². The zero-order valence-electron chi connectivity index (χ0n) is 25.4. The van der Waals surface area contributed by atoms with Gasteiger partial charge in [0.1, 0.15) is 0 Å². The number of pyridine rings is 1. The Morgan fingerprint density at radius 2 is 1.48 bits per heavy atom. The summed E-state index contributed by atoms with van der Waals surface area (Å²) in [4.78, 5) is 38.6. The standard InChI is InChI=1S/C38H31N5O3/c1-37(46)21-38(22-37,42-35(44)28-12-5-6-13-29(28)36(42)45)27-16-14-25(15-17-27)33-30(23-8-3-2-4-9-23)18-26-20-39-32-19-31(24-10-7-11-24)41-43(32)34(26)40-33/h2-6,8-9,12-20,24,46H,7,10-11,21-22H2,1H3/t37-,38-. The molecule has 3 aromatic heterocycles. The normalized spacial score (nSPS) is 22.7. The second-order valence-electron chi connectivity index (χ2n) is 13.3. The lowest BCUT2D eigenvalue weighted by Gasteiger charge is -2.55. The van der Waals surface area contributed by atoms with Gasteiger partial charge in [-0.3, -0.25) is 14.5 Å². The van der Waals surface area contributed by atoms with Crippen molar-refractivity contribution in [3.63, 3.8) is 0 Å². The molecule has 2 saturated carbocycles. The van der Waals surface area contributed by atoms with Crippen molar-refractivity contribution in [1.82, 2.24) is 24.5 Å². The third kappa shape index (κ3) is 3.93. The van der Waals surface area contributed by atoms with E-state index >= 15 is 0 Å². The highest BCUT2D eigenvalue weighted by Crippen LogP contribution is 2.54. The van der Waals surface area contributed by atoms with Gasteiger partial charge >= 0.3 is 0 Å². The molecule has 0 bridgehead atoms. The van der Waals surface area contributed by atoms with E-state index in [0.717, 1.165) is 63.2 Å². The first-order valence-electron chi connectivity index (χ1n) is 15.9. The molecule has 0 atom stereocenters. The van der Waals surface area contributed by atoms with Gasteiger partial charge in [-0.2, -0.15) is 9.61 Å². The maximum atomic E-state index is 13.6. The summed E-state index contributed by atoms with van der Waals surface area (Å²) in [7, 11) is 0. The summed E-state index contributed by atoms with van der Waals surface area (Å²) in [5.41, 5.74) is 5.98. The number of carbonyl (C=O) groups is 2. The number of carbonyl (C=O) groups excluding carboxylic acids is 2. The fourth-order valence-electron chi connectivity index (χ4n) is 7.73. The van der Waals surface area contributed by atoms with Crippen LogP contribution in [-0.4, -0.2) is 47.0 Å². The van der Waals surface area contributed by atoms with Gasteiger partial charge in [0.25, 0.3) is 11.8 Å². The highest BCUT2D eigenvalue weighted by atomic mass is 16.3. The van der Waals surface area contributed by atoms with E-state index < -0.39 is 11.1 Å². The lowest BCUT2D eigenvalue weighted by Crippen LogP contribution is -2.63. The highest BCUT2D eigenvalue weighted by Gasteiger charge is 2.60. The van der Waals surface area contributed by atoms with Crippen LogP contribution in [0.3, 0.4) is 0 Å². The van der Waals surface area contributed by atoms with Gasteiger partial charge in [0.05, 0.1) is 33.7 Å². The number of hydrogen-bond donors (Lipinski definition) is 1. The number of amides is 2. The fraction of sp³-hybridized carbons (Fsp3) is 0.237. The molecule has 2 amide bonds. The van der Waals surface area contributed by atoms with E-state index in [-0.39, 0.29) is 24.7 Å². The van der Waals surface area contributed by atoms with Gasteiger partial charge in [0.15, 0.2) is 11.3 Å². The van der Waals surface area contributed by atoms with Crippen molar-refractivity contribution in [3.8, 4) is 22.4 Å². The smallest absolute Gasteiger partial charge is 0.262 e. The second kappa shape index (κ2) is 9.64. The molecule has 1 N–H and O–H groups in total. The fourth-order valence-corrected chi connectivity index (χ4v) is 7.73. The van der Waals surface area contributed by atoms with Crippen molar-refractivity contribution in [2.24, 2.45) is 0 Å². The zero-order valence-corrected chi connectivity index (χ0v) is 25.4. The molecule has 0 spiro atoms. The number of aromatic nitrogens is 4. The minimum atomic E-state index is -0.990. The SMILES string of the molecule is C[C@]1(O)C[C@](c2ccc(-c3nc4c(cnc5cc(C6CCC6)nn54)cc3-c3ccccc3)cc2)(N2C(=O)c3ccccc3C2=O)C1. The van der Waals surface area contributed by atoms with Crippen LogP contribution in [-0.2, 0) is 5.54 Å². The molecule has 8 heteroatoms. The predicted molar refractivity (Wildman–Crippen MR) is 174 cm³/mol. The Balaban J connectivity index is 1.17. The summed E-state index contributed by atoms with van der Waals surface area (Å²) < 4.78 is 1.86. The van der Waals surface area contributed by atoms with Crippen LogP contribution in [0.4, 0.5) is 0 Å². The molecule has 8 nitrogen and oxygen atoms in total. The van der Waals surface area contributed by atoms with Crippen molar-refractivity contribution in [1.29, 1.82) is 0 Å². The number of fused-ring (bicyclic) bond motifs is 4. The summed E-state index contributed by atoms with van der Waals surface area (Å²) in [6.45, 7) is 1.75. The van der Waals surface area contributed by atoms with Crippen LogP contribution in [0.1, 0.15) is 76.9 Å². The molecular weight excluding hydrogens is 574 g/mol. The lowest BCUT2D eigenvalue weighted by molar-refractivity contribution is -0.118. The number of nitrogens with zero attached hydrogens (tertiary/aromatic N) is 5. The number of rotatable bonds is 5. The minimum Gasteiger partial charge on any atom is -0.390 e. The third-order valence-electron chi connectivity index (χ3n) is 10.1. The van der Waals surface area contributed by atoms with Crippen LogP contribution in [0.5, 0.6) is 0 Å². The number of aliphatic hydroxyl groups is 1. The predicted octanol–water partition coefficient (Wildman–Crippen LogP) is 6.92. The van der Waals surface area contributed by atoms with E-state index in [1.165, 1.54) is 11.3 Å².